The van der Waals surface area contributed by atoms with Gasteiger partial charge in [-0.25, -0.2) is 13.2 Å². The normalized spacial score (nSPS) is 10.6. The Hall–Kier alpha value is -2.54. The third-order valence-corrected chi connectivity index (χ3v) is 3.63. The molecule has 0 aliphatic carbocycles. The SMILES string of the molecule is CC(C)c1ccccc1NC(=O)Nc1ccc(N[SH](=O)=O)cc1. The second-order valence-electron chi connectivity index (χ2n) is 5.27. The predicted octanol–water partition coefficient (Wildman–Crippen LogP) is 3.39. The number of para-hydroxylation sites is 1. The molecule has 0 aliphatic heterocycles. The van der Waals surface area contributed by atoms with Crippen LogP contribution in [-0.4, -0.2) is 14.4 Å². The van der Waals surface area contributed by atoms with Crippen LogP contribution in [0, 0.1) is 0 Å². The number of anilines is 3. The number of nitrogens with one attached hydrogen (secondary N) is 3. The van der Waals surface area contributed by atoms with Crippen LogP contribution in [0.1, 0.15) is 25.3 Å². The van der Waals surface area contributed by atoms with Crippen molar-refractivity contribution in [2.24, 2.45) is 0 Å². The minimum Gasteiger partial charge on any atom is -0.308 e. The van der Waals surface area contributed by atoms with E-state index in [0.29, 0.717) is 17.3 Å². The summed E-state index contributed by atoms with van der Waals surface area (Å²) < 4.78 is 23.4. The highest BCUT2D eigenvalue weighted by Gasteiger charge is 2.09. The molecule has 0 aliphatic rings. The number of rotatable bonds is 5. The minimum absolute atomic E-state index is 0.297. The number of carbonyl (C=O) groups excluding carboxylic acids is 1. The molecule has 122 valence electrons. The Morgan fingerprint density at radius 3 is 2.13 bits per heavy atom. The summed E-state index contributed by atoms with van der Waals surface area (Å²) in [4.78, 5) is 12.1. The Labute approximate surface area is 137 Å². The van der Waals surface area contributed by atoms with Crippen molar-refractivity contribution in [2.45, 2.75) is 19.8 Å². The van der Waals surface area contributed by atoms with E-state index in [2.05, 4.69) is 29.2 Å². The molecule has 0 atom stereocenters. The van der Waals surface area contributed by atoms with Crippen molar-refractivity contribution in [2.75, 3.05) is 15.4 Å². The van der Waals surface area contributed by atoms with Crippen molar-refractivity contribution >= 4 is 34.0 Å². The van der Waals surface area contributed by atoms with Gasteiger partial charge in [-0.15, -0.1) is 0 Å². The summed E-state index contributed by atoms with van der Waals surface area (Å²) in [7, 11) is -2.70. The Morgan fingerprint density at radius 2 is 1.52 bits per heavy atom. The third kappa shape index (κ3) is 5.00. The van der Waals surface area contributed by atoms with E-state index in [1.807, 2.05) is 24.3 Å². The number of benzene rings is 2. The molecule has 0 unspecified atom stereocenters. The van der Waals surface area contributed by atoms with Crippen molar-refractivity contribution < 1.29 is 13.2 Å². The Kier molecular flexibility index (Phi) is 5.59. The van der Waals surface area contributed by atoms with Crippen LogP contribution in [0.15, 0.2) is 48.5 Å². The number of hydrogen-bond acceptors (Lipinski definition) is 3. The molecule has 2 aromatic carbocycles. The van der Waals surface area contributed by atoms with Gasteiger partial charge in [0, 0.05) is 17.1 Å². The molecular formula is C16H19N3O3S. The molecule has 3 N–H and O–H groups in total. The zero-order valence-electron chi connectivity index (χ0n) is 12.9. The molecule has 2 rings (SSSR count). The molecule has 7 heteroatoms. The molecule has 0 heterocycles. The van der Waals surface area contributed by atoms with Crippen LogP contribution in [0.2, 0.25) is 0 Å². The van der Waals surface area contributed by atoms with Crippen molar-refractivity contribution in [1.29, 1.82) is 0 Å². The van der Waals surface area contributed by atoms with Gasteiger partial charge in [0.2, 0.25) is 10.9 Å². The van der Waals surface area contributed by atoms with E-state index in [4.69, 9.17) is 0 Å². The van der Waals surface area contributed by atoms with Crippen LogP contribution in [0.3, 0.4) is 0 Å². The first-order chi connectivity index (χ1) is 11.0. The van der Waals surface area contributed by atoms with Gasteiger partial charge in [0.15, 0.2) is 0 Å². The monoisotopic (exact) mass is 333 g/mol. The smallest absolute Gasteiger partial charge is 0.308 e. The van der Waals surface area contributed by atoms with Crippen molar-refractivity contribution in [3.63, 3.8) is 0 Å². The van der Waals surface area contributed by atoms with Gasteiger partial charge >= 0.3 is 6.03 Å². The molecule has 2 amide bonds. The van der Waals surface area contributed by atoms with Gasteiger partial charge in [-0.3, -0.25) is 4.72 Å². The maximum Gasteiger partial charge on any atom is 0.323 e. The molecule has 0 saturated carbocycles. The average Bonchev–Trinajstić information content (AvgIpc) is 2.49. The van der Waals surface area contributed by atoms with Crippen LogP contribution in [0.4, 0.5) is 21.9 Å². The van der Waals surface area contributed by atoms with Crippen LogP contribution in [0.5, 0.6) is 0 Å². The van der Waals surface area contributed by atoms with Crippen LogP contribution in [-0.2, 0) is 10.9 Å². The Balaban J connectivity index is 2.02. The number of thiol groups is 1. The summed E-state index contributed by atoms with van der Waals surface area (Å²) in [6.07, 6.45) is 0. The fraction of sp³-hybridized carbons (Fsp3) is 0.188. The third-order valence-electron chi connectivity index (χ3n) is 3.19. The number of urea groups is 1. The topological polar surface area (TPSA) is 87.3 Å². The first-order valence-electron chi connectivity index (χ1n) is 7.13. The van der Waals surface area contributed by atoms with Gasteiger partial charge in [0.1, 0.15) is 0 Å². The summed E-state index contributed by atoms with van der Waals surface area (Å²) in [5.74, 6) is 0.297. The Bertz CT molecular complexity index is 747. The molecule has 0 radical (unpaired) electrons. The lowest BCUT2D eigenvalue weighted by Gasteiger charge is -2.14. The van der Waals surface area contributed by atoms with E-state index < -0.39 is 10.9 Å². The summed E-state index contributed by atoms with van der Waals surface area (Å²) in [5, 5.41) is 5.53. The molecule has 0 aromatic heterocycles. The average molecular weight is 333 g/mol. The largest absolute Gasteiger partial charge is 0.323 e. The zero-order valence-corrected chi connectivity index (χ0v) is 13.8. The molecule has 0 spiro atoms. The fourth-order valence-electron chi connectivity index (χ4n) is 2.13. The van der Waals surface area contributed by atoms with Crippen LogP contribution < -0.4 is 15.4 Å². The summed E-state index contributed by atoms with van der Waals surface area (Å²) in [6, 6.07) is 13.7. The number of amides is 2. The van der Waals surface area contributed by atoms with E-state index in [1.165, 1.54) is 0 Å². The second-order valence-corrected chi connectivity index (χ2v) is 6.01. The van der Waals surface area contributed by atoms with E-state index in [1.54, 1.807) is 24.3 Å². The van der Waals surface area contributed by atoms with Crippen LogP contribution in [0.25, 0.3) is 0 Å². The molecule has 0 bridgehead atoms. The Morgan fingerprint density at radius 1 is 0.913 bits per heavy atom. The summed E-state index contributed by atoms with van der Waals surface area (Å²) >= 11 is 0. The standard InChI is InChI=1S/C16H19N3O3S/c1-11(2)14-5-3-4-6-15(14)18-16(20)17-12-7-9-13(10-8-12)19-23(21)22/h3-11,23H,1-2H3,(H2,17,18,20)(H,19,21,22). The highest BCUT2D eigenvalue weighted by molar-refractivity contribution is 7.73. The number of hydrogen-bond donors (Lipinski definition) is 4. The maximum atomic E-state index is 12.1. The van der Waals surface area contributed by atoms with Crippen molar-refractivity contribution in [3.8, 4) is 0 Å². The first kappa shape index (κ1) is 16.8. The maximum absolute atomic E-state index is 12.1. The molecule has 2 aromatic rings. The van der Waals surface area contributed by atoms with Gasteiger partial charge in [0.05, 0.1) is 0 Å². The predicted molar refractivity (Wildman–Crippen MR) is 93.6 cm³/mol. The lowest BCUT2D eigenvalue weighted by molar-refractivity contribution is 0.262. The second kappa shape index (κ2) is 7.64. The van der Waals surface area contributed by atoms with Gasteiger partial charge in [0.25, 0.3) is 0 Å². The lowest BCUT2D eigenvalue weighted by Crippen LogP contribution is -2.20. The molecule has 6 nitrogen and oxygen atoms in total. The highest BCUT2D eigenvalue weighted by Crippen LogP contribution is 2.24. The van der Waals surface area contributed by atoms with Gasteiger partial charge in [-0.05, 0) is 41.8 Å². The summed E-state index contributed by atoms with van der Waals surface area (Å²) in [6.45, 7) is 4.12. The van der Waals surface area contributed by atoms with Gasteiger partial charge in [-0.1, -0.05) is 32.0 Å². The van der Waals surface area contributed by atoms with E-state index >= 15 is 0 Å². The first-order valence-corrected chi connectivity index (χ1v) is 8.31. The minimum atomic E-state index is -2.70. The molecule has 0 fully saturated rings. The molecule has 23 heavy (non-hydrogen) atoms. The molecular weight excluding hydrogens is 314 g/mol. The number of carbonyl (C=O) groups is 1. The summed E-state index contributed by atoms with van der Waals surface area (Å²) in [5.41, 5.74) is 2.83. The van der Waals surface area contributed by atoms with Gasteiger partial charge < -0.3 is 10.6 Å². The van der Waals surface area contributed by atoms with Crippen molar-refractivity contribution in [3.05, 3.63) is 54.1 Å². The fourth-order valence-corrected chi connectivity index (χ4v) is 2.49. The van der Waals surface area contributed by atoms with E-state index in [9.17, 15) is 13.2 Å². The van der Waals surface area contributed by atoms with Crippen LogP contribution >= 0.6 is 0 Å². The van der Waals surface area contributed by atoms with Gasteiger partial charge in [-0.2, -0.15) is 0 Å². The zero-order chi connectivity index (χ0) is 16.8. The quantitative estimate of drug-likeness (QED) is 0.633. The lowest BCUT2D eigenvalue weighted by atomic mass is 10.0. The van der Waals surface area contributed by atoms with E-state index in [-0.39, 0.29) is 6.03 Å². The highest BCUT2D eigenvalue weighted by atomic mass is 32.2. The van der Waals surface area contributed by atoms with E-state index in [0.717, 1.165) is 11.3 Å². The van der Waals surface area contributed by atoms with Crippen molar-refractivity contribution in [1.82, 2.24) is 0 Å². The molecule has 0 saturated heterocycles.